The van der Waals surface area contributed by atoms with Crippen molar-refractivity contribution in [3.8, 4) is 5.75 Å². The zero-order valence-electron chi connectivity index (χ0n) is 10.8. The molecule has 7 nitrogen and oxygen atoms in total. The molecule has 0 atom stereocenters. The van der Waals surface area contributed by atoms with Crippen LogP contribution < -0.4 is 14.2 Å². The van der Waals surface area contributed by atoms with Gasteiger partial charge in [0.15, 0.2) is 0 Å². The fourth-order valence-electron chi connectivity index (χ4n) is 1.85. The van der Waals surface area contributed by atoms with Gasteiger partial charge >= 0.3 is 5.69 Å². The lowest BCUT2D eigenvalue weighted by molar-refractivity contribution is -0.641. The first-order valence-electron chi connectivity index (χ1n) is 5.51. The van der Waals surface area contributed by atoms with Gasteiger partial charge in [-0.2, -0.15) is 9.46 Å². The molecule has 2 aromatic rings. The van der Waals surface area contributed by atoms with E-state index in [1.807, 2.05) is 0 Å². The molecular formula is C12H14N2O5. The highest BCUT2D eigenvalue weighted by Crippen LogP contribution is 2.18. The van der Waals surface area contributed by atoms with Gasteiger partial charge in [0.2, 0.25) is 0 Å². The van der Waals surface area contributed by atoms with E-state index in [9.17, 15) is 10.4 Å². The molecule has 0 aliphatic heterocycles. The van der Waals surface area contributed by atoms with E-state index in [4.69, 9.17) is 14.2 Å². The van der Waals surface area contributed by atoms with E-state index in [0.29, 0.717) is 15.2 Å². The van der Waals surface area contributed by atoms with Crippen LogP contribution in [0.25, 0.3) is 11.0 Å². The van der Waals surface area contributed by atoms with E-state index in [-0.39, 0.29) is 16.7 Å². The van der Waals surface area contributed by atoms with Crippen LogP contribution in [0.4, 0.5) is 0 Å². The standard InChI is InChI=1S/C12H14N2O5/c1-17-8-4-5-9-10(6-8)14(16)11(7-13(9)15)12(18-2)19-3/h4-7,12H,1-3H3. The van der Waals surface area contributed by atoms with Crippen LogP contribution in [0, 0.1) is 10.4 Å². The van der Waals surface area contributed by atoms with Crippen molar-refractivity contribution in [2.24, 2.45) is 0 Å². The van der Waals surface area contributed by atoms with Crippen molar-refractivity contribution in [2.45, 2.75) is 6.29 Å². The van der Waals surface area contributed by atoms with Gasteiger partial charge in [-0.1, -0.05) is 0 Å². The largest absolute Gasteiger partial charge is 0.618 e. The molecule has 19 heavy (non-hydrogen) atoms. The Labute approximate surface area is 109 Å². The van der Waals surface area contributed by atoms with E-state index in [0.717, 1.165) is 6.20 Å². The molecule has 0 fully saturated rings. The molecule has 0 bridgehead atoms. The van der Waals surface area contributed by atoms with Crippen molar-refractivity contribution in [1.82, 2.24) is 0 Å². The minimum absolute atomic E-state index is 0.0701. The maximum Gasteiger partial charge on any atom is 0.315 e. The van der Waals surface area contributed by atoms with Crippen LogP contribution in [0.15, 0.2) is 24.4 Å². The molecule has 0 aliphatic rings. The maximum absolute atomic E-state index is 12.3. The summed E-state index contributed by atoms with van der Waals surface area (Å²) < 4.78 is 16.2. The highest BCUT2D eigenvalue weighted by molar-refractivity contribution is 5.69. The van der Waals surface area contributed by atoms with Gasteiger partial charge in [-0.25, -0.2) is 0 Å². The molecule has 0 saturated carbocycles. The second-order valence-electron chi connectivity index (χ2n) is 3.83. The zero-order valence-corrected chi connectivity index (χ0v) is 10.8. The number of rotatable bonds is 4. The lowest BCUT2D eigenvalue weighted by atomic mass is 10.2. The fourth-order valence-corrected chi connectivity index (χ4v) is 1.85. The second kappa shape index (κ2) is 5.25. The molecule has 1 heterocycles. The van der Waals surface area contributed by atoms with Crippen molar-refractivity contribution in [3.05, 3.63) is 40.5 Å². The molecule has 0 spiro atoms. The summed E-state index contributed by atoms with van der Waals surface area (Å²) in [7, 11) is 4.26. The zero-order chi connectivity index (χ0) is 14.0. The maximum atomic E-state index is 12.3. The van der Waals surface area contributed by atoms with Gasteiger partial charge in [-0.15, -0.1) is 0 Å². The Hall–Kier alpha value is -2.12. The van der Waals surface area contributed by atoms with Crippen LogP contribution >= 0.6 is 0 Å². The minimum atomic E-state index is -0.909. The first-order valence-corrected chi connectivity index (χ1v) is 5.51. The number of fused-ring (bicyclic) bond motifs is 1. The van der Waals surface area contributed by atoms with Gasteiger partial charge in [0.25, 0.3) is 23.5 Å². The topological polar surface area (TPSA) is 81.6 Å². The highest BCUT2D eigenvalue weighted by atomic mass is 16.7. The summed E-state index contributed by atoms with van der Waals surface area (Å²) in [5.41, 5.74) is 0.497. The SMILES string of the molecule is COc1ccc2c(c1)[n+]([O-])c(C(OC)OC)c[n+]2[O-]. The Bertz CT molecular complexity index is 598. The average molecular weight is 266 g/mol. The first-order chi connectivity index (χ1) is 9.12. The van der Waals surface area contributed by atoms with Gasteiger partial charge in [0.1, 0.15) is 5.75 Å². The third-order valence-electron chi connectivity index (χ3n) is 2.79. The minimum Gasteiger partial charge on any atom is -0.618 e. The van der Waals surface area contributed by atoms with Crippen molar-refractivity contribution in [3.63, 3.8) is 0 Å². The molecule has 0 radical (unpaired) electrons. The van der Waals surface area contributed by atoms with E-state index < -0.39 is 6.29 Å². The summed E-state index contributed by atoms with van der Waals surface area (Å²) in [5.74, 6) is 0.487. The van der Waals surface area contributed by atoms with Gasteiger partial charge < -0.3 is 24.6 Å². The molecule has 0 N–H and O–H groups in total. The number of ether oxygens (including phenoxy) is 3. The predicted octanol–water partition coefficient (Wildman–Crippen LogP) is 0.407. The van der Waals surface area contributed by atoms with E-state index >= 15 is 0 Å². The van der Waals surface area contributed by atoms with Gasteiger partial charge in [0.05, 0.1) is 13.2 Å². The average Bonchev–Trinajstić information content (AvgIpc) is 2.44. The summed E-state index contributed by atoms with van der Waals surface area (Å²) >= 11 is 0. The van der Waals surface area contributed by atoms with Crippen LogP contribution in [-0.2, 0) is 9.47 Å². The van der Waals surface area contributed by atoms with Crippen molar-refractivity contribution >= 4 is 11.0 Å². The Morgan fingerprint density at radius 1 is 1.05 bits per heavy atom. The smallest absolute Gasteiger partial charge is 0.315 e. The van der Waals surface area contributed by atoms with Crippen LogP contribution in [0.3, 0.4) is 0 Å². The molecular weight excluding hydrogens is 252 g/mol. The molecule has 0 amide bonds. The summed E-state index contributed by atoms with van der Waals surface area (Å²) in [6, 6.07) is 4.62. The summed E-state index contributed by atoms with van der Waals surface area (Å²) in [4.78, 5) is 0. The lowest BCUT2D eigenvalue weighted by Crippen LogP contribution is -2.43. The molecule has 0 unspecified atom stereocenters. The number of hydrogen-bond donors (Lipinski definition) is 0. The molecule has 2 rings (SSSR count). The highest BCUT2D eigenvalue weighted by Gasteiger charge is 2.27. The quantitative estimate of drug-likeness (QED) is 0.454. The lowest BCUT2D eigenvalue weighted by Gasteiger charge is -2.14. The molecule has 0 aliphatic carbocycles. The second-order valence-corrected chi connectivity index (χ2v) is 3.83. The summed E-state index contributed by atoms with van der Waals surface area (Å²) in [6.07, 6.45) is 0.229. The first kappa shape index (κ1) is 13.3. The predicted molar refractivity (Wildman–Crippen MR) is 65.2 cm³/mol. The van der Waals surface area contributed by atoms with Crippen LogP contribution in [0.1, 0.15) is 12.0 Å². The molecule has 1 aromatic carbocycles. The van der Waals surface area contributed by atoms with Crippen molar-refractivity contribution in [1.29, 1.82) is 0 Å². The van der Waals surface area contributed by atoms with Crippen LogP contribution in [0.2, 0.25) is 0 Å². The van der Waals surface area contributed by atoms with Crippen LogP contribution in [0.5, 0.6) is 5.75 Å². The number of methoxy groups -OCH3 is 3. The van der Waals surface area contributed by atoms with E-state index in [2.05, 4.69) is 0 Å². The van der Waals surface area contributed by atoms with Crippen molar-refractivity contribution in [2.75, 3.05) is 21.3 Å². The van der Waals surface area contributed by atoms with Crippen molar-refractivity contribution < 1.29 is 23.7 Å². The molecule has 7 heteroatoms. The number of aromatic nitrogens is 2. The monoisotopic (exact) mass is 266 g/mol. The number of benzene rings is 1. The third-order valence-corrected chi connectivity index (χ3v) is 2.79. The Morgan fingerprint density at radius 2 is 1.74 bits per heavy atom. The van der Waals surface area contributed by atoms with Crippen LogP contribution in [-0.4, -0.2) is 21.3 Å². The van der Waals surface area contributed by atoms with Gasteiger partial charge in [0, 0.05) is 20.3 Å². The number of hydrogen-bond acceptors (Lipinski definition) is 5. The normalized spacial score (nSPS) is 11.2. The molecule has 1 aromatic heterocycles. The summed E-state index contributed by atoms with van der Waals surface area (Å²) in [6.45, 7) is 0. The van der Waals surface area contributed by atoms with Gasteiger partial charge in [-0.05, 0) is 6.07 Å². The summed E-state index contributed by atoms with van der Waals surface area (Å²) in [5, 5.41) is 24.2. The Balaban J connectivity index is 2.71. The number of nitrogens with zero attached hydrogens (tertiary/aromatic N) is 2. The van der Waals surface area contributed by atoms with E-state index in [1.54, 1.807) is 6.07 Å². The Morgan fingerprint density at radius 3 is 2.32 bits per heavy atom. The molecule has 0 saturated heterocycles. The fraction of sp³-hybridized carbons (Fsp3) is 0.333. The molecule has 102 valence electrons. The third kappa shape index (κ3) is 2.25. The van der Waals surface area contributed by atoms with Gasteiger partial charge in [-0.3, -0.25) is 0 Å². The Kier molecular flexibility index (Phi) is 3.68. The van der Waals surface area contributed by atoms with E-state index in [1.165, 1.54) is 33.5 Å².